The molecule has 5 heteroatoms. The van der Waals surface area contributed by atoms with Gasteiger partial charge >= 0.3 is 0 Å². The van der Waals surface area contributed by atoms with Crippen LogP contribution in [0.15, 0.2) is 0 Å². The third kappa shape index (κ3) is 1.52. The maximum Gasteiger partial charge on any atom is 0.182 e. The topological polar surface area (TPSA) is 95.9 Å². The van der Waals surface area contributed by atoms with Gasteiger partial charge in [-0.2, -0.15) is 0 Å². The van der Waals surface area contributed by atoms with E-state index in [0.29, 0.717) is 0 Å². The number of rotatable bonds is 0. The normalized spacial score (nSPS) is 52.6. The van der Waals surface area contributed by atoms with Gasteiger partial charge in [-0.25, -0.2) is 0 Å². The zero-order chi connectivity index (χ0) is 8.59. The van der Waals surface area contributed by atoms with Crippen molar-refractivity contribution in [1.29, 1.82) is 0 Å². The summed E-state index contributed by atoms with van der Waals surface area (Å²) in [6, 6.07) is -0.839. The van der Waals surface area contributed by atoms with Crippen molar-refractivity contribution in [3.05, 3.63) is 0 Å². The fourth-order valence-electron chi connectivity index (χ4n) is 1.09. The Morgan fingerprint density at radius 3 is 2.27 bits per heavy atom. The van der Waals surface area contributed by atoms with Gasteiger partial charge in [0.25, 0.3) is 0 Å². The molecule has 1 fully saturated rings. The Balaban J connectivity index is 2.63. The molecule has 0 aliphatic carbocycles. The second-order valence-electron chi connectivity index (χ2n) is 2.79. The minimum atomic E-state index is -1.29. The summed E-state index contributed by atoms with van der Waals surface area (Å²) in [4.78, 5) is 0. The predicted molar refractivity (Wildman–Crippen MR) is 36.5 cm³/mol. The number of aliphatic hydroxyl groups excluding tert-OH is 3. The van der Waals surface area contributed by atoms with Gasteiger partial charge in [0.2, 0.25) is 0 Å². The van der Waals surface area contributed by atoms with E-state index in [0.717, 1.165) is 0 Å². The molecule has 0 radical (unpaired) electrons. The Kier molecular flexibility index (Phi) is 2.46. The van der Waals surface area contributed by atoms with Crippen molar-refractivity contribution in [2.24, 2.45) is 5.73 Å². The smallest absolute Gasteiger partial charge is 0.182 e. The third-order valence-corrected chi connectivity index (χ3v) is 1.92. The first kappa shape index (κ1) is 8.89. The fraction of sp³-hybridized carbons (Fsp3) is 1.00. The van der Waals surface area contributed by atoms with Crippen LogP contribution < -0.4 is 5.73 Å². The molecule has 1 rings (SSSR count). The summed E-state index contributed by atoms with van der Waals surface area (Å²) in [7, 11) is 0. The van der Waals surface area contributed by atoms with Crippen molar-refractivity contribution in [3.8, 4) is 0 Å². The highest BCUT2D eigenvalue weighted by Gasteiger charge is 2.39. The third-order valence-electron chi connectivity index (χ3n) is 1.92. The average Bonchev–Trinajstić information content (AvgIpc) is 1.97. The van der Waals surface area contributed by atoms with Crippen LogP contribution in [0.1, 0.15) is 6.92 Å². The van der Waals surface area contributed by atoms with Gasteiger partial charge in [-0.05, 0) is 6.92 Å². The number of nitrogens with two attached hydrogens (primary N) is 1. The van der Waals surface area contributed by atoms with Crippen molar-refractivity contribution >= 4 is 0 Å². The Hall–Kier alpha value is -0.200. The molecule has 1 saturated heterocycles. The Labute approximate surface area is 64.4 Å². The van der Waals surface area contributed by atoms with Gasteiger partial charge in [-0.15, -0.1) is 0 Å². The Morgan fingerprint density at radius 1 is 1.18 bits per heavy atom. The molecule has 0 aromatic heterocycles. The number of aliphatic hydroxyl groups is 3. The first-order valence-corrected chi connectivity index (χ1v) is 3.49. The average molecular weight is 163 g/mol. The first-order valence-electron chi connectivity index (χ1n) is 3.49. The Bertz CT molecular complexity index is 129. The van der Waals surface area contributed by atoms with Gasteiger partial charge in [0.1, 0.15) is 6.10 Å². The van der Waals surface area contributed by atoms with Gasteiger partial charge in [-0.3, -0.25) is 0 Å². The second-order valence-corrected chi connectivity index (χ2v) is 2.79. The van der Waals surface area contributed by atoms with Crippen LogP contribution in [0.3, 0.4) is 0 Å². The minimum Gasteiger partial charge on any atom is -0.389 e. The lowest BCUT2D eigenvalue weighted by molar-refractivity contribution is -0.247. The monoisotopic (exact) mass is 163 g/mol. The molecule has 1 aliphatic rings. The van der Waals surface area contributed by atoms with E-state index < -0.39 is 30.6 Å². The lowest BCUT2D eigenvalue weighted by atomic mass is 9.98. The van der Waals surface area contributed by atoms with Crippen LogP contribution in [0.4, 0.5) is 0 Å². The molecule has 66 valence electrons. The van der Waals surface area contributed by atoms with Crippen LogP contribution in [0.25, 0.3) is 0 Å². The molecule has 0 aromatic carbocycles. The number of hydrogen-bond donors (Lipinski definition) is 4. The quantitative estimate of drug-likeness (QED) is 0.324. The molecule has 5 N–H and O–H groups in total. The van der Waals surface area contributed by atoms with Gasteiger partial charge in [0.15, 0.2) is 6.29 Å². The Morgan fingerprint density at radius 2 is 1.73 bits per heavy atom. The van der Waals surface area contributed by atoms with Crippen LogP contribution in [-0.2, 0) is 4.74 Å². The van der Waals surface area contributed by atoms with Crippen molar-refractivity contribution in [2.45, 2.75) is 37.6 Å². The zero-order valence-electron chi connectivity index (χ0n) is 6.21. The maximum atomic E-state index is 9.21. The van der Waals surface area contributed by atoms with Gasteiger partial charge in [-0.1, -0.05) is 0 Å². The van der Waals surface area contributed by atoms with Crippen LogP contribution in [0.2, 0.25) is 0 Å². The molecule has 0 saturated carbocycles. The summed E-state index contributed by atoms with van der Waals surface area (Å²) < 4.78 is 4.76. The fourth-order valence-corrected chi connectivity index (χ4v) is 1.09. The molecule has 0 unspecified atom stereocenters. The van der Waals surface area contributed by atoms with E-state index in [1.54, 1.807) is 6.92 Å². The van der Waals surface area contributed by atoms with Gasteiger partial charge < -0.3 is 25.8 Å². The highest BCUT2D eigenvalue weighted by atomic mass is 16.6. The zero-order valence-corrected chi connectivity index (χ0v) is 6.21. The first-order chi connectivity index (χ1) is 5.04. The molecule has 0 spiro atoms. The maximum absolute atomic E-state index is 9.21. The molecule has 5 nitrogen and oxygen atoms in total. The summed E-state index contributed by atoms with van der Waals surface area (Å²) in [6.45, 7) is 1.58. The molecular weight excluding hydrogens is 150 g/mol. The van der Waals surface area contributed by atoms with Crippen molar-refractivity contribution < 1.29 is 20.1 Å². The van der Waals surface area contributed by atoms with Crippen LogP contribution in [0.5, 0.6) is 0 Å². The second kappa shape index (κ2) is 3.04. The van der Waals surface area contributed by atoms with Gasteiger partial charge in [0.05, 0.1) is 18.2 Å². The van der Waals surface area contributed by atoms with E-state index in [4.69, 9.17) is 20.7 Å². The van der Waals surface area contributed by atoms with Crippen LogP contribution in [0, 0.1) is 0 Å². The van der Waals surface area contributed by atoms with Crippen molar-refractivity contribution in [1.82, 2.24) is 0 Å². The predicted octanol–water partition coefficient (Wildman–Crippen LogP) is -2.23. The molecule has 1 heterocycles. The van der Waals surface area contributed by atoms with E-state index in [1.807, 2.05) is 0 Å². The van der Waals surface area contributed by atoms with Crippen molar-refractivity contribution in [3.63, 3.8) is 0 Å². The summed E-state index contributed by atoms with van der Waals surface area (Å²) in [5.74, 6) is 0. The van der Waals surface area contributed by atoms with E-state index in [2.05, 4.69) is 0 Å². The standard InChI is InChI=1S/C6H13NO4/c1-2-4(8)3(7)5(9)6(10)11-2/h2-6,8-10H,7H2,1H3/t2-,3+,4-,5-,6-/m1/s1. The summed E-state index contributed by atoms with van der Waals surface area (Å²) in [5, 5.41) is 27.3. The molecule has 5 atom stereocenters. The molecular formula is C6H13NO4. The summed E-state index contributed by atoms with van der Waals surface area (Å²) in [6.07, 6.45) is -3.96. The van der Waals surface area contributed by atoms with E-state index >= 15 is 0 Å². The van der Waals surface area contributed by atoms with E-state index in [1.165, 1.54) is 0 Å². The lowest BCUT2D eigenvalue weighted by Crippen LogP contribution is -2.60. The molecule has 0 bridgehead atoms. The summed E-state index contributed by atoms with van der Waals surface area (Å²) >= 11 is 0. The number of ether oxygens (including phenoxy) is 1. The lowest BCUT2D eigenvalue weighted by Gasteiger charge is -2.37. The van der Waals surface area contributed by atoms with E-state index in [-0.39, 0.29) is 0 Å². The van der Waals surface area contributed by atoms with Crippen LogP contribution >= 0.6 is 0 Å². The SMILES string of the molecule is C[C@H]1O[C@@H](O)[C@H](O)[C@@H](N)[C@@H]1O. The molecule has 0 amide bonds. The van der Waals surface area contributed by atoms with Crippen molar-refractivity contribution in [2.75, 3.05) is 0 Å². The van der Waals surface area contributed by atoms with Gasteiger partial charge in [0, 0.05) is 0 Å². The molecule has 11 heavy (non-hydrogen) atoms. The van der Waals surface area contributed by atoms with Crippen LogP contribution in [-0.4, -0.2) is 46.0 Å². The summed E-state index contributed by atoms with van der Waals surface area (Å²) in [5.41, 5.74) is 5.36. The minimum absolute atomic E-state index is 0.539. The largest absolute Gasteiger partial charge is 0.389 e. The molecule has 0 aromatic rings. The number of hydrogen-bond acceptors (Lipinski definition) is 5. The molecule has 1 aliphatic heterocycles. The highest BCUT2D eigenvalue weighted by molar-refractivity contribution is 4.89. The van der Waals surface area contributed by atoms with E-state index in [9.17, 15) is 5.11 Å². The highest BCUT2D eigenvalue weighted by Crippen LogP contribution is 2.17.